The molecule has 23 heavy (non-hydrogen) atoms. The molecule has 0 radical (unpaired) electrons. The van der Waals surface area contributed by atoms with Gasteiger partial charge in [0, 0.05) is 6.04 Å². The van der Waals surface area contributed by atoms with Crippen molar-refractivity contribution in [2.24, 2.45) is 5.92 Å². The van der Waals surface area contributed by atoms with E-state index in [1.54, 1.807) is 12.1 Å². The van der Waals surface area contributed by atoms with Gasteiger partial charge < -0.3 is 11.1 Å². The monoisotopic (exact) mass is 336 g/mol. The summed E-state index contributed by atoms with van der Waals surface area (Å²) in [5.41, 5.74) is 6.81. The Hall–Kier alpha value is -2.08. The minimum atomic E-state index is -0.296. The molecule has 2 atom stereocenters. The molecule has 1 saturated carbocycles. The van der Waals surface area contributed by atoms with E-state index in [-0.39, 0.29) is 34.3 Å². The maximum absolute atomic E-state index is 13.0. The van der Waals surface area contributed by atoms with Crippen LogP contribution in [0.3, 0.4) is 0 Å². The molecule has 0 spiro atoms. The van der Waals surface area contributed by atoms with E-state index in [9.17, 15) is 9.18 Å². The summed E-state index contributed by atoms with van der Waals surface area (Å²) >= 11 is 5.95. The van der Waals surface area contributed by atoms with Gasteiger partial charge in [0.1, 0.15) is 16.5 Å². The lowest BCUT2D eigenvalue weighted by molar-refractivity contribution is 0.0923. The molecule has 2 unspecified atom stereocenters. The fourth-order valence-electron chi connectivity index (χ4n) is 3.13. The number of H-pyrrole nitrogens is 1. The fraction of sp³-hybridized carbons (Fsp3) is 0.375. The van der Waals surface area contributed by atoms with Crippen LogP contribution < -0.4 is 11.1 Å². The highest BCUT2D eigenvalue weighted by atomic mass is 35.5. The highest BCUT2D eigenvalue weighted by Crippen LogP contribution is 2.29. The minimum Gasteiger partial charge on any atom is -0.381 e. The van der Waals surface area contributed by atoms with Gasteiger partial charge in [0.25, 0.3) is 5.91 Å². The first-order chi connectivity index (χ1) is 11.0. The van der Waals surface area contributed by atoms with Crippen molar-refractivity contribution in [3.05, 3.63) is 46.4 Å². The lowest BCUT2D eigenvalue weighted by atomic mass is 9.94. The number of halogens is 2. The lowest BCUT2D eigenvalue weighted by Crippen LogP contribution is -2.38. The standard InChI is InChI=1S/C16H18ClFN4O/c17-13-14(21-22-15(13)19)16(23)20-12-3-1-2-10(12)8-9-4-6-11(18)7-5-9/h4-7,10,12H,1-3,8H2,(H,20,23)(H3,19,21,22). The number of carbonyl (C=O) groups excluding carboxylic acids is 1. The Balaban J connectivity index is 1.66. The molecule has 5 nitrogen and oxygen atoms in total. The Labute approximate surface area is 138 Å². The molecule has 7 heteroatoms. The van der Waals surface area contributed by atoms with Gasteiger partial charge in [0.05, 0.1) is 0 Å². The molecule has 122 valence electrons. The maximum Gasteiger partial charge on any atom is 0.271 e. The largest absolute Gasteiger partial charge is 0.381 e. The molecular formula is C16H18ClFN4O. The van der Waals surface area contributed by atoms with E-state index in [2.05, 4.69) is 15.5 Å². The Bertz CT molecular complexity index is 701. The van der Waals surface area contributed by atoms with Crippen LogP contribution in [-0.2, 0) is 6.42 Å². The molecule has 1 aliphatic rings. The molecule has 1 amide bonds. The van der Waals surface area contributed by atoms with Gasteiger partial charge in [-0.05, 0) is 42.9 Å². The number of amides is 1. The van der Waals surface area contributed by atoms with Gasteiger partial charge in [0.15, 0.2) is 5.82 Å². The Kier molecular flexibility index (Phi) is 4.52. The minimum absolute atomic E-state index is 0.0631. The summed E-state index contributed by atoms with van der Waals surface area (Å²) in [5.74, 6) is -0.0961. The van der Waals surface area contributed by atoms with Crippen LogP contribution in [0.15, 0.2) is 24.3 Å². The first-order valence-electron chi connectivity index (χ1n) is 7.59. The number of nitrogen functional groups attached to an aromatic ring is 1. The summed E-state index contributed by atoms with van der Waals surface area (Å²) in [4.78, 5) is 12.3. The van der Waals surface area contributed by atoms with Crippen molar-refractivity contribution >= 4 is 23.3 Å². The van der Waals surface area contributed by atoms with Gasteiger partial charge in [-0.2, -0.15) is 5.10 Å². The van der Waals surface area contributed by atoms with Crippen molar-refractivity contribution in [1.29, 1.82) is 0 Å². The van der Waals surface area contributed by atoms with E-state index in [4.69, 9.17) is 17.3 Å². The number of rotatable bonds is 4. The van der Waals surface area contributed by atoms with Crippen LogP contribution in [-0.4, -0.2) is 22.1 Å². The second-order valence-electron chi connectivity index (χ2n) is 5.90. The topological polar surface area (TPSA) is 83.8 Å². The zero-order valence-corrected chi connectivity index (χ0v) is 13.2. The number of nitrogens with two attached hydrogens (primary N) is 1. The maximum atomic E-state index is 13.0. The summed E-state index contributed by atoms with van der Waals surface area (Å²) in [6.45, 7) is 0. The summed E-state index contributed by atoms with van der Waals surface area (Å²) in [7, 11) is 0. The number of nitrogens with one attached hydrogen (secondary N) is 2. The Morgan fingerprint density at radius 2 is 2.13 bits per heavy atom. The summed E-state index contributed by atoms with van der Waals surface area (Å²) in [5, 5.41) is 9.44. The predicted molar refractivity (Wildman–Crippen MR) is 86.7 cm³/mol. The molecule has 1 fully saturated rings. The highest BCUT2D eigenvalue weighted by molar-refractivity contribution is 6.35. The first kappa shape index (κ1) is 15.8. The van der Waals surface area contributed by atoms with E-state index in [0.717, 1.165) is 31.2 Å². The van der Waals surface area contributed by atoms with Gasteiger partial charge in [-0.1, -0.05) is 30.2 Å². The second-order valence-corrected chi connectivity index (χ2v) is 6.28. The zero-order valence-electron chi connectivity index (χ0n) is 12.5. The number of anilines is 1. The van der Waals surface area contributed by atoms with Crippen LogP contribution >= 0.6 is 11.6 Å². The number of carbonyl (C=O) groups is 1. The highest BCUT2D eigenvalue weighted by Gasteiger charge is 2.30. The normalized spacial score (nSPS) is 20.6. The fourth-order valence-corrected chi connectivity index (χ4v) is 3.30. The van der Waals surface area contributed by atoms with E-state index >= 15 is 0 Å². The zero-order chi connectivity index (χ0) is 16.4. The van der Waals surface area contributed by atoms with Crippen LogP contribution in [0.4, 0.5) is 10.2 Å². The first-order valence-corrected chi connectivity index (χ1v) is 7.97. The molecule has 1 aromatic heterocycles. The van der Waals surface area contributed by atoms with Crippen molar-refractivity contribution in [2.75, 3.05) is 5.73 Å². The average molecular weight is 337 g/mol. The molecule has 1 aromatic carbocycles. The molecular weight excluding hydrogens is 319 g/mol. The van der Waals surface area contributed by atoms with Gasteiger partial charge in [-0.3, -0.25) is 9.89 Å². The third-order valence-corrected chi connectivity index (χ3v) is 4.73. The molecule has 2 aromatic rings. The van der Waals surface area contributed by atoms with E-state index in [1.807, 2.05) is 0 Å². The van der Waals surface area contributed by atoms with E-state index < -0.39 is 0 Å². The molecule has 0 saturated heterocycles. The number of aromatic amines is 1. The molecule has 3 rings (SSSR count). The van der Waals surface area contributed by atoms with Crippen LogP contribution in [0, 0.1) is 11.7 Å². The van der Waals surface area contributed by atoms with Gasteiger partial charge in [0.2, 0.25) is 0 Å². The van der Waals surface area contributed by atoms with E-state index in [1.165, 1.54) is 12.1 Å². The third kappa shape index (κ3) is 3.47. The van der Waals surface area contributed by atoms with E-state index in [0.29, 0.717) is 5.92 Å². The Morgan fingerprint density at radius 3 is 2.78 bits per heavy atom. The average Bonchev–Trinajstić information content (AvgIpc) is 3.09. The van der Waals surface area contributed by atoms with Crippen LogP contribution in [0.1, 0.15) is 35.3 Å². The molecule has 0 aliphatic heterocycles. The quantitative estimate of drug-likeness (QED) is 0.802. The molecule has 0 bridgehead atoms. The molecule has 1 heterocycles. The van der Waals surface area contributed by atoms with Gasteiger partial charge in [-0.15, -0.1) is 0 Å². The third-order valence-electron chi connectivity index (χ3n) is 4.35. The van der Waals surface area contributed by atoms with Gasteiger partial charge >= 0.3 is 0 Å². The lowest BCUT2D eigenvalue weighted by Gasteiger charge is -2.21. The van der Waals surface area contributed by atoms with Crippen LogP contribution in [0.25, 0.3) is 0 Å². The number of aromatic nitrogens is 2. The number of hydrogen-bond acceptors (Lipinski definition) is 3. The number of nitrogens with zero attached hydrogens (tertiary/aromatic N) is 1. The molecule has 4 N–H and O–H groups in total. The summed E-state index contributed by atoms with van der Waals surface area (Å²) in [6, 6.07) is 6.57. The van der Waals surface area contributed by atoms with Crippen molar-refractivity contribution in [1.82, 2.24) is 15.5 Å². The summed E-state index contributed by atoms with van der Waals surface area (Å²) in [6.07, 6.45) is 3.81. The summed E-state index contributed by atoms with van der Waals surface area (Å²) < 4.78 is 13.0. The Morgan fingerprint density at radius 1 is 1.39 bits per heavy atom. The predicted octanol–water partition coefficient (Wildman–Crippen LogP) is 2.93. The molecule has 1 aliphatic carbocycles. The van der Waals surface area contributed by atoms with Crippen molar-refractivity contribution in [3.63, 3.8) is 0 Å². The smallest absolute Gasteiger partial charge is 0.271 e. The van der Waals surface area contributed by atoms with Crippen molar-refractivity contribution < 1.29 is 9.18 Å². The van der Waals surface area contributed by atoms with Crippen molar-refractivity contribution in [2.45, 2.75) is 31.7 Å². The van der Waals surface area contributed by atoms with Crippen LogP contribution in [0.2, 0.25) is 5.02 Å². The SMILES string of the molecule is Nc1n[nH]c(C(=O)NC2CCCC2Cc2ccc(F)cc2)c1Cl. The number of hydrogen-bond donors (Lipinski definition) is 3. The van der Waals surface area contributed by atoms with Gasteiger partial charge in [-0.25, -0.2) is 4.39 Å². The second kappa shape index (κ2) is 6.58. The number of benzene rings is 1. The van der Waals surface area contributed by atoms with Crippen LogP contribution in [0.5, 0.6) is 0 Å². The van der Waals surface area contributed by atoms with Crippen molar-refractivity contribution in [3.8, 4) is 0 Å².